The second-order valence-corrected chi connectivity index (χ2v) is 4.73. The molecule has 0 aliphatic rings. The summed E-state index contributed by atoms with van der Waals surface area (Å²) in [7, 11) is 0. The molecule has 106 valence electrons. The van der Waals surface area contributed by atoms with Crippen molar-refractivity contribution in [1.29, 1.82) is 0 Å². The molecule has 1 aromatic heterocycles. The quantitative estimate of drug-likeness (QED) is 0.676. The first kappa shape index (κ1) is 13.7. The summed E-state index contributed by atoms with van der Waals surface area (Å²) >= 11 is 5.99. The molecule has 0 unspecified atom stereocenters. The molecule has 1 heterocycles. The van der Waals surface area contributed by atoms with E-state index < -0.39 is 17.5 Å². The van der Waals surface area contributed by atoms with Crippen molar-refractivity contribution in [2.75, 3.05) is 0 Å². The molecule has 0 saturated carbocycles. The predicted molar refractivity (Wildman–Crippen MR) is 73.9 cm³/mol. The minimum absolute atomic E-state index is 0.0535. The van der Waals surface area contributed by atoms with E-state index in [9.17, 15) is 13.2 Å². The summed E-state index contributed by atoms with van der Waals surface area (Å²) in [6.45, 7) is 0. The summed E-state index contributed by atoms with van der Waals surface area (Å²) in [6, 6.07) is 10.3. The van der Waals surface area contributed by atoms with Crippen LogP contribution in [0, 0.1) is 17.5 Å². The van der Waals surface area contributed by atoms with Gasteiger partial charge in [-0.15, -0.1) is 0 Å². The molecule has 6 heteroatoms. The van der Waals surface area contributed by atoms with Crippen molar-refractivity contribution in [3.63, 3.8) is 0 Å². The molecule has 0 bridgehead atoms. The van der Waals surface area contributed by atoms with Crippen molar-refractivity contribution in [2.24, 2.45) is 0 Å². The van der Waals surface area contributed by atoms with Gasteiger partial charge in [-0.1, -0.05) is 23.7 Å². The Bertz CT molecular complexity index is 814. The summed E-state index contributed by atoms with van der Waals surface area (Å²) in [6.07, 6.45) is 0. The van der Waals surface area contributed by atoms with E-state index in [1.54, 1.807) is 12.1 Å². The molecule has 0 aliphatic heterocycles. The molecular weight excluding hydrogens is 301 g/mol. The second-order valence-electron chi connectivity index (χ2n) is 4.34. The molecule has 0 spiro atoms. The minimum atomic E-state index is -0.679. The fourth-order valence-electron chi connectivity index (χ4n) is 1.98. The van der Waals surface area contributed by atoms with E-state index >= 15 is 0 Å². The average molecular weight is 309 g/mol. The zero-order valence-electron chi connectivity index (χ0n) is 10.5. The highest BCUT2D eigenvalue weighted by atomic mass is 35.5. The van der Waals surface area contributed by atoms with E-state index in [1.807, 2.05) is 0 Å². The SMILES string of the molecule is Fc1ccc(F)c(-n2nc(-c3ccccc3F)cc2Cl)c1. The van der Waals surface area contributed by atoms with E-state index in [0.29, 0.717) is 0 Å². The number of rotatable bonds is 2. The van der Waals surface area contributed by atoms with Crippen LogP contribution in [0.15, 0.2) is 48.5 Å². The molecule has 21 heavy (non-hydrogen) atoms. The van der Waals surface area contributed by atoms with Gasteiger partial charge in [0.1, 0.15) is 28.3 Å². The third-order valence-corrected chi connectivity index (χ3v) is 3.22. The van der Waals surface area contributed by atoms with Gasteiger partial charge in [-0.05, 0) is 24.3 Å². The number of hydrogen-bond donors (Lipinski definition) is 0. The van der Waals surface area contributed by atoms with E-state index in [1.165, 1.54) is 18.2 Å². The Balaban J connectivity index is 2.15. The van der Waals surface area contributed by atoms with Gasteiger partial charge in [-0.3, -0.25) is 0 Å². The van der Waals surface area contributed by atoms with Crippen LogP contribution in [-0.4, -0.2) is 9.78 Å². The van der Waals surface area contributed by atoms with Crippen LogP contribution in [-0.2, 0) is 0 Å². The standard InChI is InChI=1S/C15H8ClF3N2/c16-15-8-13(10-3-1-2-4-11(10)18)20-21(15)14-7-9(17)5-6-12(14)19/h1-8H. The van der Waals surface area contributed by atoms with Crippen molar-refractivity contribution in [2.45, 2.75) is 0 Å². The highest BCUT2D eigenvalue weighted by Crippen LogP contribution is 2.27. The van der Waals surface area contributed by atoms with Crippen LogP contribution in [0.5, 0.6) is 0 Å². The Labute approximate surface area is 123 Å². The fraction of sp³-hybridized carbons (Fsp3) is 0. The van der Waals surface area contributed by atoms with Gasteiger partial charge in [0.15, 0.2) is 0 Å². The average Bonchev–Trinajstić information content (AvgIpc) is 2.84. The van der Waals surface area contributed by atoms with Gasteiger partial charge in [0.25, 0.3) is 0 Å². The van der Waals surface area contributed by atoms with E-state index in [0.717, 1.165) is 22.9 Å². The summed E-state index contributed by atoms with van der Waals surface area (Å²) in [4.78, 5) is 0. The molecule has 2 aromatic carbocycles. The first-order chi connectivity index (χ1) is 10.1. The first-order valence-electron chi connectivity index (χ1n) is 6.02. The maximum Gasteiger partial charge on any atom is 0.149 e. The number of halogens is 4. The lowest BCUT2D eigenvalue weighted by atomic mass is 10.1. The molecule has 0 N–H and O–H groups in total. The molecule has 0 radical (unpaired) electrons. The van der Waals surface area contributed by atoms with Crippen molar-refractivity contribution in [1.82, 2.24) is 9.78 Å². The van der Waals surface area contributed by atoms with Gasteiger partial charge in [-0.25, -0.2) is 17.9 Å². The summed E-state index contributed by atoms with van der Waals surface area (Å²) in [5.41, 5.74) is 0.333. The molecule has 0 amide bonds. The molecule has 3 rings (SSSR count). The number of benzene rings is 2. The van der Waals surface area contributed by atoms with Crippen LogP contribution in [0.1, 0.15) is 0 Å². The molecule has 0 atom stereocenters. The van der Waals surface area contributed by atoms with E-state index in [4.69, 9.17) is 11.6 Å². The van der Waals surface area contributed by atoms with Crippen LogP contribution in [0.4, 0.5) is 13.2 Å². The van der Waals surface area contributed by atoms with Crippen LogP contribution in [0.2, 0.25) is 5.15 Å². The van der Waals surface area contributed by atoms with Crippen LogP contribution in [0.25, 0.3) is 16.9 Å². The Hall–Kier alpha value is -2.27. The van der Waals surface area contributed by atoms with Crippen molar-refractivity contribution in [3.05, 3.63) is 71.1 Å². The largest absolute Gasteiger partial charge is 0.219 e. The fourth-order valence-corrected chi connectivity index (χ4v) is 2.21. The van der Waals surface area contributed by atoms with Gasteiger partial charge < -0.3 is 0 Å². The van der Waals surface area contributed by atoms with Crippen LogP contribution in [0.3, 0.4) is 0 Å². The first-order valence-corrected chi connectivity index (χ1v) is 6.40. The van der Waals surface area contributed by atoms with Gasteiger partial charge >= 0.3 is 0 Å². The van der Waals surface area contributed by atoms with Gasteiger partial charge in [-0.2, -0.15) is 5.10 Å². The van der Waals surface area contributed by atoms with E-state index in [-0.39, 0.29) is 22.1 Å². The normalized spacial score (nSPS) is 10.9. The van der Waals surface area contributed by atoms with Crippen LogP contribution < -0.4 is 0 Å². The monoisotopic (exact) mass is 308 g/mol. The number of nitrogens with zero attached hydrogens (tertiary/aromatic N) is 2. The second kappa shape index (κ2) is 5.26. The van der Waals surface area contributed by atoms with Gasteiger partial charge in [0.05, 0.1) is 5.69 Å². The predicted octanol–water partition coefficient (Wildman–Crippen LogP) is 4.61. The van der Waals surface area contributed by atoms with Gasteiger partial charge in [0, 0.05) is 17.7 Å². The maximum atomic E-state index is 13.8. The summed E-state index contributed by atoms with van der Waals surface area (Å²) in [5, 5.41) is 4.10. The molecule has 0 aliphatic carbocycles. The van der Waals surface area contributed by atoms with Crippen molar-refractivity contribution in [3.8, 4) is 16.9 Å². The Morgan fingerprint density at radius 1 is 0.905 bits per heavy atom. The topological polar surface area (TPSA) is 17.8 Å². The smallest absolute Gasteiger partial charge is 0.149 e. The van der Waals surface area contributed by atoms with Gasteiger partial charge in [0.2, 0.25) is 0 Å². The maximum absolute atomic E-state index is 13.8. The molecular formula is C15H8ClF3N2. The molecule has 0 fully saturated rings. The van der Waals surface area contributed by atoms with Crippen molar-refractivity contribution < 1.29 is 13.2 Å². The number of aromatic nitrogens is 2. The summed E-state index contributed by atoms with van der Waals surface area (Å²) in [5.74, 6) is -1.77. The molecule has 0 saturated heterocycles. The highest BCUT2D eigenvalue weighted by molar-refractivity contribution is 6.30. The zero-order chi connectivity index (χ0) is 15.0. The summed E-state index contributed by atoms with van der Waals surface area (Å²) < 4.78 is 41.8. The highest BCUT2D eigenvalue weighted by Gasteiger charge is 2.15. The minimum Gasteiger partial charge on any atom is -0.219 e. The molecule has 2 nitrogen and oxygen atoms in total. The lowest BCUT2D eigenvalue weighted by Crippen LogP contribution is -2.01. The lowest BCUT2D eigenvalue weighted by molar-refractivity contribution is 0.587. The Kier molecular flexibility index (Phi) is 3.43. The zero-order valence-corrected chi connectivity index (χ0v) is 11.3. The van der Waals surface area contributed by atoms with Crippen LogP contribution >= 0.6 is 11.6 Å². The lowest BCUT2D eigenvalue weighted by Gasteiger charge is -2.04. The number of hydrogen-bond acceptors (Lipinski definition) is 1. The Morgan fingerprint density at radius 3 is 2.43 bits per heavy atom. The third kappa shape index (κ3) is 2.52. The Morgan fingerprint density at radius 2 is 1.67 bits per heavy atom. The third-order valence-electron chi connectivity index (χ3n) is 2.95. The molecule has 3 aromatic rings. The van der Waals surface area contributed by atoms with E-state index in [2.05, 4.69) is 5.10 Å². The van der Waals surface area contributed by atoms with Crippen molar-refractivity contribution >= 4 is 11.6 Å².